The van der Waals surface area contributed by atoms with Crippen LogP contribution in [0.2, 0.25) is 0 Å². The summed E-state index contributed by atoms with van der Waals surface area (Å²) in [5, 5.41) is 0. The van der Waals surface area contributed by atoms with Crippen LogP contribution in [0, 0.1) is 11.7 Å². The Labute approximate surface area is 121 Å². The van der Waals surface area contributed by atoms with E-state index >= 15 is 0 Å². The zero-order chi connectivity index (χ0) is 13.4. The summed E-state index contributed by atoms with van der Waals surface area (Å²) in [6.07, 6.45) is 1.10. The van der Waals surface area contributed by atoms with Crippen LogP contribution < -0.4 is 0 Å². The fourth-order valence-electron chi connectivity index (χ4n) is 2.29. The van der Waals surface area contributed by atoms with Gasteiger partial charge in [-0.3, -0.25) is 0 Å². The van der Waals surface area contributed by atoms with Crippen LogP contribution in [0.3, 0.4) is 0 Å². The molecule has 0 radical (unpaired) electrons. The lowest BCUT2D eigenvalue weighted by Gasteiger charge is -2.02. The largest absolute Gasteiger partial charge is 0.331 e. The Bertz CT molecular complexity index is 777. The molecule has 2 heterocycles. The second-order valence-electron chi connectivity index (χ2n) is 4.76. The van der Waals surface area contributed by atoms with E-state index in [1.807, 2.05) is 11.3 Å². The molecular weight excluding hydrogens is 272 g/mol. The van der Waals surface area contributed by atoms with Gasteiger partial charge in [0.1, 0.15) is 0 Å². The number of aromatic amines is 1. The maximum atomic E-state index is 5.44. The number of aryl methyl sites for hydroxylation is 2. The number of hydrogen-bond donors (Lipinski definition) is 1. The molecular formula is C15H16N2S2. The number of nitrogens with one attached hydrogen (secondary N) is 1. The number of imidazole rings is 1. The SMILES string of the molecule is CCc1ccc(Cn2c(=S)[nH]c3cc(C)ccc32)s1. The Hall–Kier alpha value is -1.39. The van der Waals surface area contributed by atoms with Crippen molar-refractivity contribution in [2.75, 3.05) is 0 Å². The minimum Gasteiger partial charge on any atom is -0.331 e. The van der Waals surface area contributed by atoms with E-state index in [2.05, 4.69) is 53.7 Å². The molecule has 0 saturated heterocycles. The molecule has 0 atom stereocenters. The number of H-pyrrole nitrogens is 1. The van der Waals surface area contributed by atoms with Crippen molar-refractivity contribution in [3.8, 4) is 0 Å². The number of aromatic nitrogens is 2. The first kappa shape index (κ1) is 12.6. The molecule has 4 heteroatoms. The van der Waals surface area contributed by atoms with E-state index in [0.717, 1.165) is 23.3 Å². The molecule has 1 aromatic carbocycles. The van der Waals surface area contributed by atoms with Gasteiger partial charge in [0.15, 0.2) is 4.77 Å². The predicted octanol–water partition coefficient (Wildman–Crippen LogP) is 4.68. The fraction of sp³-hybridized carbons (Fsp3) is 0.267. The van der Waals surface area contributed by atoms with Crippen molar-refractivity contribution in [2.24, 2.45) is 0 Å². The second-order valence-corrected chi connectivity index (χ2v) is 6.40. The molecule has 0 aliphatic heterocycles. The van der Waals surface area contributed by atoms with Crippen LogP contribution >= 0.6 is 23.6 Å². The zero-order valence-corrected chi connectivity index (χ0v) is 12.7. The molecule has 0 amide bonds. The van der Waals surface area contributed by atoms with Crippen LogP contribution in [-0.2, 0) is 13.0 Å². The quantitative estimate of drug-likeness (QED) is 0.694. The van der Waals surface area contributed by atoms with Crippen LogP contribution in [0.1, 0.15) is 22.2 Å². The molecule has 3 rings (SSSR count). The summed E-state index contributed by atoms with van der Waals surface area (Å²) in [6.45, 7) is 5.14. The van der Waals surface area contributed by atoms with Gasteiger partial charge in [0, 0.05) is 9.75 Å². The van der Waals surface area contributed by atoms with E-state index in [-0.39, 0.29) is 0 Å². The van der Waals surface area contributed by atoms with Crippen molar-refractivity contribution >= 4 is 34.6 Å². The van der Waals surface area contributed by atoms with Gasteiger partial charge < -0.3 is 9.55 Å². The molecule has 2 aromatic heterocycles. The third kappa shape index (κ3) is 2.38. The Morgan fingerprint density at radius 2 is 2.00 bits per heavy atom. The second kappa shape index (κ2) is 4.94. The van der Waals surface area contributed by atoms with E-state index in [0.29, 0.717) is 0 Å². The number of fused-ring (bicyclic) bond motifs is 1. The summed E-state index contributed by atoms with van der Waals surface area (Å²) in [7, 11) is 0. The van der Waals surface area contributed by atoms with Gasteiger partial charge in [-0.2, -0.15) is 0 Å². The Morgan fingerprint density at radius 1 is 1.21 bits per heavy atom. The molecule has 0 unspecified atom stereocenters. The third-order valence-corrected chi connectivity index (χ3v) is 4.85. The Balaban J connectivity index is 2.05. The molecule has 0 saturated carbocycles. The van der Waals surface area contributed by atoms with Gasteiger partial charge >= 0.3 is 0 Å². The van der Waals surface area contributed by atoms with Gasteiger partial charge in [-0.25, -0.2) is 0 Å². The number of rotatable bonds is 3. The van der Waals surface area contributed by atoms with E-state index < -0.39 is 0 Å². The normalized spacial score (nSPS) is 11.3. The lowest BCUT2D eigenvalue weighted by molar-refractivity contribution is 0.823. The van der Waals surface area contributed by atoms with Crippen LogP contribution in [0.5, 0.6) is 0 Å². The lowest BCUT2D eigenvalue weighted by Crippen LogP contribution is -1.97. The highest BCUT2D eigenvalue weighted by Crippen LogP contribution is 2.21. The lowest BCUT2D eigenvalue weighted by atomic mass is 10.2. The van der Waals surface area contributed by atoms with E-state index in [1.54, 1.807) is 0 Å². The Kier molecular flexibility index (Phi) is 3.29. The summed E-state index contributed by atoms with van der Waals surface area (Å²) in [5.74, 6) is 0. The summed E-state index contributed by atoms with van der Waals surface area (Å²) in [6, 6.07) is 10.8. The highest BCUT2D eigenvalue weighted by atomic mass is 32.1. The average Bonchev–Trinajstić information content (AvgIpc) is 2.95. The number of hydrogen-bond acceptors (Lipinski definition) is 2. The molecule has 0 aliphatic rings. The van der Waals surface area contributed by atoms with Crippen LogP contribution in [0.25, 0.3) is 11.0 Å². The third-order valence-electron chi connectivity index (χ3n) is 3.31. The van der Waals surface area contributed by atoms with Gasteiger partial charge in [0.05, 0.1) is 17.6 Å². The maximum absolute atomic E-state index is 5.44. The highest BCUT2D eigenvalue weighted by molar-refractivity contribution is 7.71. The van der Waals surface area contributed by atoms with Crippen molar-refractivity contribution in [3.05, 3.63) is 50.4 Å². The standard InChI is InChI=1S/C15H16N2S2/c1-3-11-5-6-12(19-11)9-17-14-7-4-10(2)8-13(14)16-15(17)18/h4-8H,3,9H2,1-2H3,(H,16,18). The average molecular weight is 288 g/mol. The predicted molar refractivity (Wildman–Crippen MR) is 84.7 cm³/mol. The molecule has 19 heavy (non-hydrogen) atoms. The van der Waals surface area contributed by atoms with Crippen molar-refractivity contribution < 1.29 is 0 Å². The minimum atomic E-state index is 0.798. The molecule has 2 nitrogen and oxygen atoms in total. The molecule has 98 valence electrons. The topological polar surface area (TPSA) is 20.7 Å². The monoisotopic (exact) mass is 288 g/mol. The van der Waals surface area contributed by atoms with E-state index in [9.17, 15) is 0 Å². The summed E-state index contributed by atoms with van der Waals surface area (Å²) in [5.41, 5.74) is 3.56. The first-order chi connectivity index (χ1) is 9.17. The molecule has 0 spiro atoms. The number of benzene rings is 1. The van der Waals surface area contributed by atoms with Gasteiger partial charge in [-0.1, -0.05) is 13.0 Å². The van der Waals surface area contributed by atoms with Crippen molar-refractivity contribution in [1.29, 1.82) is 0 Å². The van der Waals surface area contributed by atoms with Crippen molar-refractivity contribution in [1.82, 2.24) is 9.55 Å². The molecule has 0 fully saturated rings. The first-order valence-electron chi connectivity index (χ1n) is 6.44. The van der Waals surface area contributed by atoms with Gasteiger partial charge in [-0.15, -0.1) is 11.3 Å². The van der Waals surface area contributed by atoms with Gasteiger partial charge in [0.25, 0.3) is 0 Å². The summed E-state index contributed by atoms with van der Waals surface area (Å²) in [4.78, 5) is 6.08. The van der Waals surface area contributed by atoms with Crippen molar-refractivity contribution in [2.45, 2.75) is 26.8 Å². The summed E-state index contributed by atoms with van der Waals surface area (Å²) < 4.78 is 2.97. The van der Waals surface area contributed by atoms with E-state index in [1.165, 1.54) is 20.8 Å². The molecule has 0 aliphatic carbocycles. The molecule has 0 bridgehead atoms. The van der Waals surface area contributed by atoms with E-state index in [4.69, 9.17) is 12.2 Å². The Morgan fingerprint density at radius 3 is 2.74 bits per heavy atom. The fourth-order valence-corrected chi connectivity index (χ4v) is 3.51. The minimum absolute atomic E-state index is 0.798. The first-order valence-corrected chi connectivity index (χ1v) is 7.66. The zero-order valence-electron chi connectivity index (χ0n) is 11.1. The smallest absolute Gasteiger partial charge is 0.178 e. The van der Waals surface area contributed by atoms with Crippen molar-refractivity contribution in [3.63, 3.8) is 0 Å². The summed E-state index contributed by atoms with van der Waals surface area (Å²) >= 11 is 7.31. The molecule has 3 aromatic rings. The van der Waals surface area contributed by atoms with Crippen LogP contribution in [-0.4, -0.2) is 9.55 Å². The molecule has 1 N–H and O–H groups in total. The van der Waals surface area contributed by atoms with Crippen LogP contribution in [0.4, 0.5) is 0 Å². The van der Waals surface area contributed by atoms with Gasteiger partial charge in [-0.05, 0) is 55.4 Å². The number of nitrogens with zero attached hydrogens (tertiary/aromatic N) is 1. The maximum Gasteiger partial charge on any atom is 0.178 e. The highest BCUT2D eigenvalue weighted by Gasteiger charge is 2.06. The van der Waals surface area contributed by atoms with Crippen LogP contribution in [0.15, 0.2) is 30.3 Å². The number of thiophene rings is 1. The van der Waals surface area contributed by atoms with Gasteiger partial charge in [0.2, 0.25) is 0 Å².